The van der Waals surface area contributed by atoms with E-state index in [1.807, 2.05) is 19.1 Å². The fraction of sp³-hybridized carbons (Fsp3) is 0.526. The second-order valence-corrected chi connectivity index (χ2v) is 7.66. The molecule has 0 saturated heterocycles. The molecule has 0 aromatic carbocycles. The number of hydrogen-bond donors (Lipinski definition) is 0. The number of hydrogen-bond acceptors (Lipinski definition) is 3. The van der Waals surface area contributed by atoms with Gasteiger partial charge in [-0.15, -0.1) is 0 Å². The van der Waals surface area contributed by atoms with Gasteiger partial charge in [0, 0.05) is 29.6 Å². The van der Waals surface area contributed by atoms with Gasteiger partial charge in [-0.05, 0) is 36.0 Å². The first-order chi connectivity index (χ1) is 10.4. The predicted octanol–water partition coefficient (Wildman–Crippen LogP) is 2.82. The highest BCUT2D eigenvalue weighted by molar-refractivity contribution is 6.02. The Morgan fingerprint density at radius 3 is 2.68 bits per heavy atom. The van der Waals surface area contributed by atoms with Crippen LogP contribution in [0.15, 0.2) is 36.0 Å². The molecule has 0 spiro atoms. The van der Waals surface area contributed by atoms with E-state index in [-0.39, 0.29) is 35.1 Å². The molecule has 4 aliphatic carbocycles. The lowest BCUT2D eigenvalue weighted by molar-refractivity contribution is -0.144. The molecular weight excluding hydrogens is 276 g/mol. The standard InChI is InChI=1S/C19H20O3/c1-18-8-7-12(20)9-11(18)3-4-13-14-5-6-16(22)19(14,2)10-15(21)17(13)18/h3-4,7-9,13-14,17H,5-6,10H2,1-2H3/t13-,14-,17+,18-,19-/m0/s1. The van der Waals surface area contributed by atoms with Crippen molar-refractivity contribution in [3.05, 3.63) is 36.0 Å². The van der Waals surface area contributed by atoms with Crippen molar-refractivity contribution in [3.63, 3.8) is 0 Å². The summed E-state index contributed by atoms with van der Waals surface area (Å²) in [5, 5.41) is 0. The Morgan fingerprint density at radius 1 is 1.14 bits per heavy atom. The zero-order valence-corrected chi connectivity index (χ0v) is 13.0. The van der Waals surface area contributed by atoms with Crippen LogP contribution in [-0.2, 0) is 14.4 Å². The van der Waals surface area contributed by atoms with Crippen LogP contribution in [0.1, 0.15) is 33.1 Å². The van der Waals surface area contributed by atoms with Crippen LogP contribution >= 0.6 is 0 Å². The molecule has 0 radical (unpaired) electrons. The van der Waals surface area contributed by atoms with Crippen LogP contribution in [0.3, 0.4) is 0 Å². The van der Waals surface area contributed by atoms with Gasteiger partial charge in [-0.3, -0.25) is 14.4 Å². The van der Waals surface area contributed by atoms with Crippen LogP contribution < -0.4 is 0 Å². The summed E-state index contributed by atoms with van der Waals surface area (Å²) in [5.74, 6) is 0.632. The van der Waals surface area contributed by atoms with Crippen molar-refractivity contribution in [1.29, 1.82) is 0 Å². The quantitative estimate of drug-likeness (QED) is 0.690. The Bertz CT molecular complexity index is 695. The Balaban J connectivity index is 1.85. The highest BCUT2D eigenvalue weighted by Crippen LogP contribution is 2.60. The molecule has 0 aliphatic heterocycles. The van der Waals surface area contributed by atoms with Crippen LogP contribution in [-0.4, -0.2) is 17.3 Å². The normalized spacial score (nSPS) is 46.2. The van der Waals surface area contributed by atoms with E-state index in [1.54, 1.807) is 12.2 Å². The van der Waals surface area contributed by atoms with Crippen molar-refractivity contribution >= 4 is 17.3 Å². The van der Waals surface area contributed by atoms with Crippen LogP contribution in [0.4, 0.5) is 0 Å². The van der Waals surface area contributed by atoms with Crippen LogP contribution in [0, 0.1) is 28.6 Å². The lowest BCUT2D eigenvalue weighted by atomic mass is 9.50. The summed E-state index contributed by atoms with van der Waals surface area (Å²) in [6, 6.07) is 0. The summed E-state index contributed by atoms with van der Waals surface area (Å²) in [5.41, 5.74) is 0.0497. The molecule has 3 heteroatoms. The molecule has 22 heavy (non-hydrogen) atoms. The summed E-state index contributed by atoms with van der Waals surface area (Å²) in [4.78, 5) is 36.9. The molecule has 4 aliphatic rings. The molecule has 2 saturated carbocycles. The lowest BCUT2D eigenvalue weighted by Gasteiger charge is -2.51. The third-order valence-corrected chi connectivity index (χ3v) is 6.53. The minimum absolute atomic E-state index is 0.0142. The third kappa shape index (κ3) is 1.54. The first-order valence-electron chi connectivity index (χ1n) is 8.06. The molecule has 4 rings (SSSR count). The van der Waals surface area contributed by atoms with Crippen LogP contribution in [0.5, 0.6) is 0 Å². The fourth-order valence-electron chi connectivity index (χ4n) is 5.28. The van der Waals surface area contributed by atoms with E-state index in [4.69, 9.17) is 0 Å². The number of ketones is 3. The Hall–Kier alpha value is -1.77. The molecule has 0 amide bonds. The van der Waals surface area contributed by atoms with Gasteiger partial charge < -0.3 is 0 Å². The molecule has 0 N–H and O–H groups in total. The van der Waals surface area contributed by atoms with Gasteiger partial charge in [0.2, 0.25) is 0 Å². The molecule has 0 aromatic rings. The first-order valence-corrected chi connectivity index (χ1v) is 8.06. The van der Waals surface area contributed by atoms with Gasteiger partial charge >= 0.3 is 0 Å². The zero-order chi connectivity index (χ0) is 15.7. The van der Waals surface area contributed by atoms with E-state index >= 15 is 0 Å². The predicted molar refractivity (Wildman–Crippen MR) is 81.9 cm³/mol. The topological polar surface area (TPSA) is 51.2 Å². The number of rotatable bonds is 0. The van der Waals surface area contributed by atoms with Crippen molar-refractivity contribution in [1.82, 2.24) is 0 Å². The summed E-state index contributed by atoms with van der Waals surface area (Å²) in [6.45, 7) is 4.03. The van der Waals surface area contributed by atoms with Crippen LogP contribution in [0.25, 0.3) is 0 Å². The number of fused-ring (bicyclic) bond motifs is 5. The van der Waals surface area contributed by atoms with E-state index in [1.165, 1.54) is 0 Å². The van der Waals surface area contributed by atoms with E-state index in [9.17, 15) is 14.4 Å². The molecule has 114 valence electrons. The highest BCUT2D eigenvalue weighted by atomic mass is 16.1. The maximum atomic E-state index is 12.9. The molecule has 0 bridgehead atoms. The van der Waals surface area contributed by atoms with Gasteiger partial charge in [0.05, 0.1) is 0 Å². The van der Waals surface area contributed by atoms with Crippen molar-refractivity contribution in [2.24, 2.45) is 28.6 Å². The summed E-state index contributed by atoms with van der Waals surface area (Å²) >= 11 is 0. The molecule has 2 fully saturated rings. The van der Waals surface area contributed by atoms with Crippen LogP contribution in [0.2, 0.25) is 0 Å². The number of carbonyl (C=O) groups is 3. The van der Waals surface area contributed by atoms with Gasteiger partial charge in [0.1, 0.15) is 11.6 Å². The van der Waals surface area contributed by atoms with Gasteiger partial charge in [0.15, 0.2) is 5.78 Å². The van der Waals surface area contributed by atoms with Crippen molar-refractivity contribution in [3.8, 4) is 0 Å². The van der Waals surface area contributed by atoms with Gasteiger partial charge in [-0.1, -0.05) is 32.1 Å². The smallest absolute Gasteiger partial charge is 0.178 e. The van der Waals surface area contributed by atoms with E-state index in [0.717, 1.165) is 12.0 Å². The zero-order valence-electron chi connectivity index (χ0n) is 13.0. The maximum Gasteiger partial charge on any atom is 0.178 e. The molecular formula is C19H20O3. The van der Waals surface area contributed by atoms with Gasteiger partial charge in [-0.2, -0.15) is 0 Å². The second kappa shape index (κ2) is 4.15. The van der Waals surface area contributed by atoms with E-state index in [2.05, 4.69) is 13.0 Å². The average molecular weight is 296 g/mol. The summed E-state index contributed by atoms with van der Waals surface area (Å²) in [6.07, 6.45) is 11.1. The van der Waals surface area contributed by atoms with E-state index < -0.39 is 10.8 Å². The number of carbonyl (C=O) groups excluding carboxylic acids is 3. The molecule has 3 nitrogen and oxygen atoms in total. The van der Waals surface area contributed by atoms with Crippen molar-refractivity contribution in [2.45, 2.75) is 33.1 Å². The van der Waals surface area contributed by atoms with Crippen molar-refractivity contribution < 1.29 is 14.4 Å². The molecule has 5 atom stereocenters. The third-order valence-electron chi connectivity index (χ3n) is 6.53. The molecule has 0 aromatic heterocycles. The molecule has 0 unspecified atom stereocenters. The maximum absolute atomic E-state index is 12.9. The SMILES string of the molecule is C[C@]12C=CC(=O)C=C1C=C[C@@H]1[C@@H]2C(=O)C[C@]2(C)C(=O)CC[C@@H]12. The largest absolute Gasteiger partial charge is 0.299 e. The lowest BCUT2D eigenvalue weighted by Crippen LogP contribution is -2.52. The Morgan fingerprint density at radius 2 is 1.91 bits per heavy atom. The highest BCUT2D eigenvalue weighted by Gasteiger charge is 2.60. The molecule has 0 heterocycles. The Labute approximate surface area is 130 Å². The average Bonchev–Trinajstić information content (AvgIpc) is 2.75. The Kier molecular flexibility index (Phi) is 2.62. The fourth-order valence-corrected chi connectivity index (χ4v) is 5.28. The minimum atomic E-state index is -0.478. The van der Waals surface area contributed by atoms with Gasteiger partial charge in [0.25, 0.3) is 0 Å². The summed E-state index contributed by atoms with van der Waals surface area (Å²) in [7, 11) is 0. The first kappa shape index (κ1) is 13.9. The van der Waals surface area contributed by atoms with Gasteiger partial charge in [-0.25, -0.2) is 0 Å². The summed E-state index contributed by atoms with van der Waals surface area (Å²) < 4.78 is 0. The number of Topliss-reactive ketones (excluding diaryl/α,β-unsaturated/α-hetero) is 2. The monoisotopic (exact) mass is 296 g/mol. The second-order valence-electron chi connectivity index (χ2n) is 7.66. The number of allylic oxidation sites excluding steroid dienone is 6. The minimum Gasteiger partial charge on any atom is -0.299 e. The van der Waals surface area contributed by atoms with Crippen molar-refractivity contribution in [2.75, 3.05) is 0 Å². The van der Waals surface area contributed by atoms with E-state index in [0.29, 0.717) is 12.8 Å².